The molecule has 0 spiro atoms. The summed E-state index contributed by atoms with van der Waals surface area (Å²) < 4.78 is 0. The van der Waals surface area contributed by atoms with Gasteiger partial charge in [0.15, 0.2) is 0 Å². The molecule has 2 nitrogen and oxygen atoms in total. The monoisotopic (exact) mass is 131 g/mol. The largest absolute Gasteiger partial charge is 0.393 e. The van der Waals surface area contributed by atoms with Gasteiger partial charge in [-0.15, -0.1) is 0 Å². The molecule has 56 valence electrons. The van der Waals surface area contributed by atoms with Crippen LogP contribution in [0.5, 0.6) is 0 Å². The molecule has 0 aliphatic carbocycles. The van der Waals surface area contributed by atoms with E-state index in [1.165, 1.54) is 0 Å². The summed E-state index contributed by atoms with van der Waals surface area (Å²) in [4.78, 5) is 0. The lowest BCUT2D eigenvalue weighted by molar-refractivity contribution is 0.154. The maximum Gasteiger partial charge on any atom is 0.0552 e. The quantitative estimate of drug-likeness (QED) is 0.577. The number of rotatable bonds is 5. The van der Waals surface area contributed by atoms with Crippen molar-refractivity contribution in [3.05, 3.63) is 0 Å². The zero-order valence-electron chi connectivity index (χ0n) is 6.35. The van der Waals surface area contributed by atoms with E-state index in [2.05, 4.69) is 12.2 Å². The molecule has 0 saturated heterocycles. The number of nitrogens with one attached hydrogen (secondary N) is 1. The van der Waals surface area contributed by atoms with Gasteiger partial charge >= 0.3 is 0 Å². The summed E-state index contributed by atoms with van der Waals surface area (Å²) in [5, 5.41) is 12.1. The molecule has 0 aromatic heterocycles. The third-order valence-electron chi connectivity index (χ3n) is 1.35. The average Bonchev–Trinajstić information content (AvgIpc) is 1.85. The number of hydrogen-bond acceptors (Lipinski definition) is 2. The highest BCUT2D eigenvalue weighted by Crippen LogP contribution is 1.98. The first-order valence-corrected chi connectivity index (χ1v) is 3.64. The van der Waals surface area contributed by atoms with Gasteiger partial charge in [-0.1, -0.05) is 13.3 Å². The van der Waals surface area contributed by atoms with Gasteiger partial charge in [0.25, 0.3) is 0 Å². The van der Waals surface area contributed by atoms with Crippen LogP contribution in [0.4, 0.5) is 0 Å². The van der Waals surface area contributed by atoms with E-state index in [1.807, 2.05) is 7.05 Å². The summed E-state index contributed by atoms with van der Waals surface area (Å²) in [5.74, 6) is 0. The van der Waals surface area contributed by atoms with Crippen molar-refractivity contribution in [1.82, 2.24) is 5.32 Å². The maximum absolute atomic E-state index is 9.14. The highest BCUT2D eigenvalue weighted by atomic mass is 16.3. The first kappa shape index (κ1) is 8.92. The molecule has 0 amide bonds. The molecule has 0 radical (unpaired) electrons. The van der Waals surface area contributed by atoms with Crippen molar-refractivity contribution in [3.63, 3.8) is 0 Å². The van der Waals surface area contributed by atoms with Gasteiger partial charge in [0.1, 0.15) is 0 Å². The second-order valence-electron chi connectivity index (χ2n) is 2.33. The van der Waals surface area contributed by atoms with Crippen LogP contribution in [0, 0.1) is 0 Å². The van der Waals surface area contributed by atoms with Gasteiger partial charge in [-0.2, -0.15) is 0 Å². The molecule has 0 saturated carbocycles. The molecule has 1 unspecified atom stereocenters. The van der Waals surface area contributed by atoms with Crippen molar-refractivity contribution in [2.45, 2.75) is 32.3 Å². The van der Waals surface area contributed by atoms with Crippen LogP contribution in [-0.4, -0.2) is 24.8 Å². The average molecular weight is 131 g/mol. The molecule has 2 heteroatoms. The second kappa shape index (κ2) is 6.05. The lowest BCUT2D eigenvalue weighted by Crippen LogP contribution is -2.16. The Hall–Kier alpha value is -0.0800. The third kappa shape index (κ3) is 5.80. The molecule has 0 aliphatic rings. The molecule has 0 fully saturated rings. The molecule has 0 bridgehead atoms. The molecule has 0 aliphatic heterocycles. The van der Waals surface area contributed by atoms with E-state index in [4.69, 9.17) is 5.11 Å². The molecule has 2 N–H and O–H groups in total. The Morgan fingerprint density at radius 3 is 2.56 bits per heavy atom. The minimum atomic E-state index is -0.0950. The SMILES string of the molecule is CCCC(O)CCNC. The van der Waals surface area contributed by atoms with Gasteiger partial charge in [-0.25, -0.2) is 0 Å². The fraction of sp³-hybridized carbons (Fsp3) is 1.00. The highest BCUT2D eigenvalue weighted by Gasteiger charge is 1.99. The van der Waals surface area contributed by atoms with Crippen molar-refractivity contribution >= 4 is 0 Å². The Bertz CT molecular complexity index is 56.9. The Balaban J connectivity index is 2.95. The van der Waals surface area contributed by atoms with Gasteiger partial charge < -0.3 is 10.4 Å². The first-order valence-electron chi connectivity index (χ1n) is 3.64. The summed E-state index contributed by atoms with van der Waals surface area (Å²) in [6.07, 6.45) is 2.79. The standard InChI is InChI=1S/C7H17NO/c1-3-4-7(9)5-6-8-2/h7-9H,3-6H2,1-2H3. The van der Waals surface area contributed by atoms with E-state index in [0.29, 0.717) is 0 Å². The predicted molar refractivity (Wildman–Crippen MR) is 39.5 cm³/mol. The Labute approximate surface area is 57.3 Å². The normalized spacial score (nSPS) is 13.7. The zero-order valence-corrected chi connectivity index (χ0v) is 6.35. The van der Waals surface area contributed by atoms with E-state index in [-0.39, 0.29) is 6.10 Å². The molecule has 1 atom stereocenters. The zero-order chi connectivity index (χ0) is 7.11. The maximum atomic E-state index is 9.14. The summed E-state index contributed by atoms with van der Waals surface area (Å²) in [6, 6.07) is 0. The number of hydrogen-bond donors (Lipinski definition) is 2. The van der Waals surface area contributed by atoms with Gasteiger partial charge in [-0.3, -0.25) is 0 Å². The van der Waals surface area contributed by atoms with Crippen LogP contribution in [0.15, 0.2) is 0 Å². The summed E-state index contributed by atoms with van der Waals surface area (Å²) in [5.41, 5.74) is 0. The Morgan fingerprint density at radius 1 is 1.44 bits per heavy atom. The van der Waals surface area contributed by atoms with E-state index >= 15 is 0 Å². The lowest BCUT2D eigenvalue weighted by Gasteiger charge is -2.06. The van der Waals surface area contributed by atoms with Gasteiger partial charge in [0.2, 0.25) is 0 Å². The number of aliphatic hydroxyl groups excluding tert-OH is 1. The highest BCUT2D eigenvalue weighted by molar-refractivity contribution is 4.54. The third-order valence-corrected chi connectivity index (χ3v) is 1.35. The Kier molecular flexibility index (Phi) is 5.99. The minimum Gasteiger partial charge on any atom is -0.393 e. The number of aliphatic hydroxyl groups is 1. The Morgan fingerprint density at radius 2 is 2.11 bits per heavy atom. The van der Waals surface area contributed by atoms with Gasteiger partial charge in [0.05, 0.1) is 6.10 Å². The van der Waals surface area contributed by atoms with Crippen LogP contribution >= 0.6 is 0 Å². The minimum absolute atomic E-state index is 0.0950. The van der Waals surface area contributed by atoms with E-state index in [9.17, 15) is 0 Å². The molecule has 0 aromatic rings. The van der Waals surface area contributed by atoms with Crippen molar-refractivity contribution < 1.29 is 5.11 Å². The molecule has 0 heterocycles. The molecule has 0 rings (SSSR count). The second-order valence-corrected chi connectivity index (χ2v) is 2.33. The van der Waals surface area contributed by atoms with Crippen molar-refractivity contribution in [1.29, 1.82) is 0 Å². The van der Waals surface area contributed by atoms with Gasteiger partial charge in [0, 0.05) is 0 Å². The van der Waals surface area contributed by atoms with E-state index in [1.54, 1.807) is 0 Å². The van der Waals surface area contributed by atoms with Crippen LogP contribution in [0.1, 0.15) is 26.2 Å². The summed E-state index contributed by atoms with van der Waals surface area (Å²) in [7, 11) is 1.90. The van der Waals surface area contributed by atoms with Crippen LogP contribution in [0.2, 0.25) is 0 Å². The smallest absolute Gasteiger partial charge is 0.0552 e. The fourth-order valence-corrected chi connectivity index (χ4v) is 0.789. The summed E-state index contributed by atoms with van der Waals surface area (Å²) in [6.45, 7) is 3.00. The van der Waals surface area contributed by atoms with Crippen LogP contribution < -0.4 is 5.32 Å². The summed E-state index contributed by atoms with van der Waals surface area (Å²) >= 11 is 0. The predicted octanol–water partition coefficient (Wildman–Crippen LogP) is 0.757. The van der Waals surface area contributed by atoms with Crippen LogP contribution in [0.25, 0.3) is 0 Å². The van der Waals surface area contributed by atoms with Gasteiger partial charge in [-0.05, 0) is 26.4 Å². The molecular formula is C7H17NO. The fourth-order valence-electron chi connectivity index (χ4n) is 0.789. The molecule has 9 heavy (non-hydrogen) atoms. The molecule has 0 aromatic carbocycles. The first-order chi connectivity index (χ1) is 4.31. The lowest BCUT2D eigenvalue weighted by atomic mass is 10.1. The van der Waals surface area contributed by atoms with Crippen molar-refractivity contribution in [2.24, 2.45) is 0 Å². The molecular weight excluding hydrogens is 114 g/mol. The van der Waals surface area contributed by atoms with Crippen LogP contribution in [0.3, 0.4) is 0 Å². The van der Waals surface area contributed by atoms with E-state index < -0.39 is 0 Å². The van der Waals surface area contributed by atoms with E-state index in [0.717, 1.165) is 25.8 Å². The van der Waals surface area contributed by atoms with Crippen LogP contribution in [-0.2, 0) is 0 Å². The van der Waals surface area contributed by atoms with Crippen molar-refractivity contribution in [3.8, 4) is 0 Å². The topological polar surface area (TPSA) is 32.3 Å². The van der Waals surface area contributed by atoms with Crippen molar-refractivity contribution in [2.75, 3.05) is 13.6 Å².